The Morgan fingerprint density at radius 3 is 2.62 bits per heavy atom. The zero-order chi connectivity index (χ0) is 18.6. The molecule has 2 N–H and O–H groups in total. The first kappa shape index (κ1) is 20.4. The second-order valence-corrected chi connectivity index (χ2v) is 6.88. The van der Waals surface area contributed by atoms with Crippen LogP contribution in [0.5, 0.6) is 11.5 Å². The van der Waals surface area contributed by atoms with E-state index in [1.165, 1.54) is 38.6 Å². The van der Waals surface area contributed by atoms with Crippen molar-refractivity contribution in [2.45, 2.75) is 45.6 Å². The topological polar surface area (TPSA) is 58.1 Å². The zero-order valence-corrected chi connectivity index (χ0v) is 16.5. The van der Waals surface area contributed by atoms with Crippen LogP contribution in [0.4, 0.5) is 0 Å². The summed E-state index contributed by atoms with van der Waals surface area (Å²) in [7, 11) is 4.27. The molecule has 146 valence electrons. The van der Waals surface area contributed by atoms with Crippen molar-refractivity contribution in [3.63, 3.8) is 0 Å². The van der Waals surface area contributed by atoms with Gasteiger partial charge in [0.25, 0.3) is 0 Å². The second kappa shape index (κ2) is 11.6. The molecule has 26 heavy (non-hydrogen) atoms. The van der Waals surface area contributed by atoms with E-state index < -0.39 is 0 Å². The van der Waals surface area contributed by atoms with Crippen LogP contribution in [0.25, 0.3) is 0 Å². The molecule has 2 rings (SSSR count). The van der Waals surface area contributed by atoms with Gasteiger partial charge in [-0.05, 0) is 58.1 Å². The minimum atomic E-state index is 0.307. The number of nitrogens with one attached hydrogen (secondary N) is 2. The number of benzene rings is 1. The monoisotopic (exact) mass is 362 g/mol. The number of hydrogen-bond acceptors (Lipinski definition) is 4. The Hall–Kier alpha value is -1.95. The molecule has 1 aromatic carbocycles. The van der Waals surface area contributed by atoms with Crippen LogP contribution in [0.15, 0.2) is 23.2 Å². The quantitative estimate of drug-likeness (QED) is 0.360. The Bertz CT molecular complexity index is 561. The third-order valence-electron chi connectivity index (χ3n) is 4.28. The van der Waals surface area contributed by atoms with Crippen LogP contribution in [0.1, 0.15) is 44.6 Å². The fraction of sp³-hybridized carbons (Fsp3) is 0.650. The summed E-state index contributed by atoms with van der Waals surface area (Å²) in [5.41, 5.74) is 1.12. The SMILES string of the molecule is CCNC(=NCc1ccc2c(c1)OCO2)NCCCCCCCN(C)C. The van der Waals surface area contributed by atoms with Gasteiger partial charge < -0.3 is 25.0 Å². The molecule has 6 heteroatoms. The van der Waals surface area contributed by atoms with E-state index in [0.29, 0.717) is 13.3 Å². The van der Waals surface area contributed by atoms with E-state index in [9.17, 15) is 0 Å². The predicted molar refractivity (Wildman–Crippen MR) is 107 cm³/mol. The minimum absolute atomic E-state index is 0.307. The van der Waals surface area contributed by atoms with Gasteiger partial charge in [-0.25, -0.2) is 4.99 Å². The van der Waals surface area contributed by atoms with E-state index in [-0.39, 0.29) is 0 Å². The lowest BCUT2D eigenvalue weighted by Gasteiger charge is -2.12. The van der Waals surface area contributed by atoms with Crippen molar-refractivity contribution in [2.75, 3.05) is 40.5 Å². The maximum atomic E-state index is 5.42. The van der Waals surface area contributed by atoms with Gasteiger partial charge in [0, 0.05) is 13.1 Å². The van der Waals surface area contributed by atoms with E-state index >= 15 is 0 Å². The normalized spacial score (nSPS) is 13.3. The Morgan fingerprint density at radius 2 is 1.81 bits per heavy atom. The highest BCUT2D eigenvalue weighted by molar-refractivity contribution is 5.79. The molecule has 1 aromatic rings. The van der Waals surface area contributed by atoms with Gasteiger partial charge in [0.05, 0.1) is 6.54 Å². The first-order valence-corrected chi connectivity index (χ1v) is 9.74. The van der Waals surface area contributed by atoms with Crippen molar-refractivity contribution < 1.29 is 9.47 Å². The highest BCUT2D eigenvalue weighted by atomic mass is 16.7. The number of hydrogen-bond donors (Lipinski definition) is 2. The molecule has 0 amide bonds. The van der Waals surface area contributed by atoms with Crippen LogP contribution in [-0.4, -0.2) is 51.4 Å². The Morgan fingerprint density at radius 1 is 1.04 bits per heavy atom. The van der Waals surface area contributed by atoms with E-state index in [0.717, 1.165) is 36.1 Å². The smallest absolute Gasteiger partial charge is 0.231 e. The molecule has 0 radical (unpaired) electrons. The summed E-state index contributed by atoms with van der Waals surface area (Å²) in [6, 6.07) is 5.99. The standard InChI is InChI=1S/C20H34N4O2/c1-4-21-20(22-12-8-6-5-7-9-13-24(2)3)23-15-17-10-11-18-19(14-17)26-16-25-18/h10-11,14H,4-9,12-13,15-16H2,1-3H3,(H2,21,22,23). The summed E-state index contributed by atoms with van der Waals surface area (Å²) in [6.45, 7) is 6.02. The zero-order valence-electron chi connectivity index (χ0n) is 16.5. The van der Waals surface area contributed by atoms with Gasteiger partial charge in [-0.1, -0.05) is 25.3 Å². The molecule has 1 heterocycles. The average molecular weight is 363 g/mol. The Balaban J connectivity index is 1.66. The van der Waals surface area contributed by atoms with E-state index in [1.54, 1.807) is 0 Å². The number of unbranched alkanes of at least 4 members (excludes halogenated alkanes) is 4. The van der Waals surface area contributed by atoms with Crippen LogP contribution in [0, 0.1) is 0 Å². The fourth-order valence-corrected chi connectivity index (χ4v) is 2.84. The largest absolute Gasteiger partial charge is 0.454 e. The van der Waals surface area contributed by atoms with Crippen molar-refractivity contribution in [3.05, 3.63) is 23.8 Å². The first-order valence-electron chi connectivity index (χ1n) is 9.74. The van der Waals surface area contributed by atoms with Gasteiger partial charge in [0.1, 0.15) is 0 Å². The lowest BCUT2D eigenvalue weighted by molar-refractivity contribution is 0.174. The van der Waals surface area contributed by atoms with Crippen molar-refractivity contribution in [3.8, 4) is 11.5 Å². The summed E-state index contributed by atoms with van der Waals surface area (Å²) in [5, 5.41) is 6.73. The third-order valence-corrected chi connectivity index (χ3v) is 4.28. The summed E-state index contributed by atoms with van der Waals surface area (Å²) in [4.78, 5) is 6.92. The summed E-state index contributed by atoms with van der Waals surface area (Å²) in [5.74, 6) is 2.50. The molecule has 1 aliphatic rings. The summed E-state index contributed by atoms with van der Waals surface area (Å²) >= 11 is 0. The Kier molecular flexibility index (Phi) is 9.10. The summed E-state index contributed by atoms with van der Waals surface area (Å²) < 4.78 is 10.8. The fourth-order valence-electron chi connectivity index (χ4n) is 2.84. The van der Waals surface area contributed by atoms with Crippen molar-refractivity contribution in [2.24, 2.45) is 4.99 Å². The van der Waals surface area contributed by atoms with Crippen molar-refractivity contribution >= 4 is 5.96 Å². The third kappa shape index (κ3) is 7.52. The number of fused-ring (bicyclic) bond motifs is 1. The van der Waals surface area contributed by atoms with Crippen LogP contribution in [0.3, 0.4) is 0 Å². The van der Waals surface area contributed by atoms with Gasteiger partial charge >= 0.3 is 0 Å². The summed E-state index contributed by atoms with van der Waals surface area (Å²) in [6.07, 6.45) is 6.36. The van der Waals surface area contributed by atoms with Crippen LogP contribution in [0.2, 0.25) is 0 Å². The van der Waals surface area contributed by atoms with Crippen LogP contribution < -0.4 is 20.1 Å². The molecule has 0 fully saturated rings. The molecular formula is C20H34N4O2. The van der Waals surface area contributed by atoms with Crippen molar-refractivity contribution in [1.82, 2.24) is 15.5 Å². The average Bonchev–Trinajstić information content (AvgIpc) is 3.09. The highest BCUT2D eigenvalue weighted by Gasteiger charge is 2.12. The molecule has 0 saturated heterocycles. The molecule has 1 aliphatic heterocycles. The predicted octanol–water partition coefficient (Wildman–Crippen LogP) is 2.98. The van der Waals surface area contributed by atoms with Crippen LogP contribution >= 0.6 is 0 Å². The number of rotatable bonds is 11. The molecule has 0 atom stereocenters. The van der Waals surface area contributed by atoms with Gasteiger partial charge in [0.2, 0.25) is 6.79 Å². The number of aliphatic imine (C=N–C) groups is 1. The molecule has 0 aliphatic carbocycles. The lowest BCUT2D eigenvalue weighted by atomic mass is 10.1. The lowest BCUT2D eigenvalue weighted by Crippen LogP contribution is -2.37. The maximum Gasteiger partial charge on any atom is 0.231 e. The molecular weight excluding hydrogens is 328 g/mol. The van der Waals surface area contributed by atoms with Gasteiger partial charge in [-0.3, -0.25) is 0 Å². The van der Waals surface area contributed by atoms with Gasteiger partial charge in [-0.2, -0.15) is 0 Å². The van der Waals surface area contributed by atoms with Crippen LogP contribution in [-0.2, 0) is 6.54 Å². The number of nitrogens with zero attached hydrogens (tertiary/aromatic N) is 2. The Labute approximate surface area is 158 Å². The van der Waals surface area contributed by atoms with Crippen molar-refractivity contribution in [1.29, 1.82) is 0 Å². The van der Waals surface area contributed by atoms with E-state index in [4.69, 9.17) is 9.47 Å². The first-order chi connectivity index (χ1) is 12.7. The number of ether oxygens (including phenoxy) is 2. The van der Waals surface area contributed by atoms with E-state index in [2.05, 4.69) is 41.5 Å². The second-order valence-electron chi connectivity index (χ2n) is 6.88. The van der Waals surface area contributed by atoms with Gasteiger partial charge in [-0.15, -0.1) is 0 Å². The molecule has 0 aromatic heterocycles. The molecule has 0 unspecified atom stereocenters. The molecule has 0 saturated carbocycles. The molecule has 6 nitrogen and oxygen atoms in total. The van der Waals surface area contributed by atoms with E-state index in [1.807, 2.05) is 18.2 Å². The van der Waals surface area contributed by atoms with Gasteiger partial charge in [0.15, 0.2) is 17.5 Å². The maximum absolute atomic E-state index is 5.42. The number of guanidine groups is 1. The highest BCUT2D eigenvalue weighted by Crippen LogP contribution is 2.32. The molecule has 0 bridgehead atoms. The minimum Gasteiger partial charge on any atom is -0.454 e. The molecule has 0 spiro atoms.